The van der Waals surface area contributed by atoms with Gasteiger partial charge in [0, 0.05) is 25.5 Å². The first kappa shape index (κ1) is 20.0. The van der Waals surface area contributed by atoms with Crippen LogP contribution in [-0.4, -0.2) is 50.4 Å². The molecule has 1 amide bonds. The third kappa shape index (κ3) is 3.77. The zero-order valence-corrected chi connectivity index (χ0v) is 16.2. The van der Waals surface area contributed by atoms with E-state index < -0.39 is 35.4 Å². The standard InChI is InChI=1S/C19H28N2O5/c1-13(2)25-16(23)19(15(22)14-9-7-11-20(14)6)10-8-12-21(19)17(24)26-18(3,4)5/h7-11,13,15,22H,12H2,1-6H3. The van der Waals surface area contributed by atoms with Crippen LogP contribution in [0, 0.1) is 0 Å². The number of hydrogen-bond donors (Lipinski definition) is 1. The number of ether oxygens (including phenoxy) is 2. The number of nitrogens with zero attached hydrogens (tertiary/aromatic N) is 2. The Balaban J connectivity index is 2.49. The average Bonchev–Trinajstić information content (AvgIpc) is 3.10. The van der Waals surface area contributed by atoms with Gasteiger partial charge >= 0.3 is 12.1 Å². The molecule has 0 saturated carbocycles. The molecule has 0 aliphatic carbocycles. The lowest BCUT2D eigenvalue weighted by Crippen LogP contribution is -2.59. The highest BCUT2D eigenvalue weighted by Gasteiger charge is 2.56. The quantitative estimate of drug-likeness (QED) is 0.656. The molecule has 2 heterocycles. The summed E-state index contributed by atoms with van der Waals surface area (Å²) in [5.74, 6) is -0.694. The van der Waals surface area contributed by atoms with Crippen LogP contribution in [0.25, 0.3) is 0 Å². The van der Waals surface area contributed by atoms with Crippen LogP contribution >= 0.6 is 0 Å². The van der Waals surface area contributed by atoms with Crippen molar-refractivity contribution in [2.24, 2.45) is 7.05 Å². The molecule has 0 fully saturated rings. The van der Waals surface area contributed by atoms with Gasteiger partial charge in [-0.25, -0.2) is 9.59 Å². The van der Waals surface area contributed by atoms with Crippen molar-refractivity contribution in [3.63, 3.8) is 0 Å². The van der Waals surface area contributed by atoms with E-state index in [1.165, 1.54) is 11.0 Å². The summed E-state index contributed by atoms with van der Waals surface area (Å²) in [7, 11) is 1.76. The van der Waals surface area contributed by atoms with E-state index in [1.54, 1.807) is 70.6 Å². The maximum atomic E-state index is 13.0. The molecule has 0 spiro atoms. The predicted molar refractivity (Wildman–Crippen MR) is 96.4 cm³/mol. The van der Waals surface area contributed by atoms with Crippen LogP contribution < -0.4 is 0 Å². The van der Waals surface area contributed by atoms with Crippen molar-refractivity contribution in [3.05, 3.63) is 36.2 Å². The molecular weight excluding hydrogens is 336 g/mol. The number of hydrogen-bond acceptors (Lipinski definition) is 5. The SMILES string of the molecule is CC(C)OC(=O)C1(C(O)c2cccn2C)C=CCN1C(=O)OC(C)(C)C. The first-order valence-electron chi connectivity index (χ1n) is 8.67. The zero-order chi connectivity index (χ0) is 19.7. The Morgan fingerprint density at radius 1 is 1.31 bits per heavy atom. The Labute approximate surface area is 154 Å². The fraction of sp³-hybridized carbons (Fsp3) is 0.579. The summed E-state index contributed by atoms with van der Waals surface area (Å²) >= 11 is 0. The number of rotatable bonds is 4. The molecule has 0 bridgehead atoms. The topological polar surface area (TPSA) is 81.0 Å². The van der Waals surface area contributed by atoms with E-state index in [1.807, 2.05) is 0 Å². The van der Waals surface area contributed by atoms with Gasteiger partial charge in [-0.1, -0.05) is 6.08 Å². The summed E-state index contributed by atoms with van der Waals surface area (Å²) in [5.41, 5.74) is -1.92. The van der Waals surface area contributed by atoms with Crippen molar-refractivity contribution in [2.45, 2.75) is 58.0 Å². The minimum absolute atomic E-state index is 0.142. The van der Waals surface area contributed by atoms with Gasteiger partial charge in [0.15, 0.2) is 5.54 Å². The minimum Gasteiger partial charge on any atom is -0.461 e. The van der Waals surface area contributed by atoms with E-state index in [-0.39, 0.29) is 6.54 Å². The van der Waals surface area contributed by atoms with Gasteiger partial charge in [-0.05, 0) is 52.8 Å². The summed E-state index contributed by atoms with van der Waals surface area (Å²) in [6, 6.07) is 3.46. The molecule has 0 aromatic carbocycles. The molecule has 2 atom stereocenters. The van der Waals surface area contributed by atoms with E-state index in [4.69, 9.17) is 9.47 Å². The minimum atomic E-state index is -1.68. The molecule has 144 valence electrons. The number of aliphatic hydroxyl groups is 1. The monoisotopic (exact) mass is 364 g/mol. The number of amides is 1. The van der Waals surface area contributed by atoms with Crippen LogP contribution in [0.1, 0.15) is 46.4 Å². The fourth-order valence-corrected chi connectivity index (χ4v) is 2.94. The summed E-state index contributed by atoms with van der Waals surface area (Å²) in [6.07, 6.45) is 2.57. The van der Waals surface area contributed by atoms with Crippen LogP contribution in [0.2, 0.25) is 0 Å². The molecule has 1 N–H and O–H groups in total. The number of aromatic nitrogens is 1. The number of esters is 1. The van der Waals surface area contributed by atoms with Gasteiger partial charge in [-0.3, -0.25) is 4.90 Å². The lowest BCUT2D eigenvalue weighted by molar-refractivity contribution is -0.165. The van der Waals surface area contributed by atoms with Gasteiger partial charge in [0.2, 0.25) is 0 Å². The van der Waals surface area contributed by atoms with Crippen molar-refractivity contribution in [1.82, 2.24) is 9.47 Å². The number of aryl methyl sites for hydroxylation is 1. The van der Waals surface area contributed by atoms with Crippen LogP contribution in [-0.2, 0) is 21.3 Å². The van der Waals surface area contributed by atoms with Crippen molar-refractivity contribution in [2.75, 3.05) is 6.54 Å². The molecule has 0 radical (unpaired) electrons. The highest BCUT2D eigenvalue weighted by atomic mass is 16.6. The number of carbonyl (C=O) groups is 2. The largest absolute Gasteiger partial charge is 0.461 e. The molecule has 1 aliphatic heterocycles. The Hall–Kier alpha value is -2.28. The lowest BCUT2D eigenvalue weighted by atomic mass is 9.89. The van der Waals surface area contributed by atoms with Crippen molar-refractivity contribution in [3.8, 4) is 0 Å². The van der Waals surface area contributed by atoms with Crippen molar-refractivity contribution >= 4 is 12.1 Å². The Kier molecular flexibility index (Phi) is 5.51. The normalized spacial score (nSPS) is 21.2. The highest BCUT2D eigenvalue weighted by Crippen LogP contribution is 2.38. The molecule has 1 aromatic heterocycles. The van der Waals surface area contributed by atoms with Gasteiger partial charge in [0.05, 0.1) is 6.10 Å². The van der Waals surface area contributed by atoms with Crippen LogP contribution in [0.3, 0.4) is 0 Å². The van der Waals surface area contributed by atoms with E-state index >= 15 is 0 Å². The van der Waals surface area contributed by atoms with E-state index in [0.29, 0.717) is 5.69 Å². The van der Waals surface area contributed by atoms with Crippen LogP contribution in [0.4, 0.5) is 4.79 Å². The molecule has 0 saturated heterocycles. The van der Waals surface area contributed by atoms with Gasteiger partial charge in [0.25, 0.3) is 0 Å². The maximum Gasteiger partial charge on any atom is 0.411 e. The average molecular weight is 364 g/mol. The third-order valence-corrected chi connectivity index (χ3v) is 4.07. The summed E-state index contributed by atoms with van der Waals surface area (Å²) in [4.78, 5) is 27.0. The molecular formula is C19H28N2O5. The first-order valence-corrected chi connectivity index (χ1v) is 8.67. The highest BCUT2D eigenvalue weighted by molar-refractivity contribution is 5.90. The molecule has 26 heavy (non-hydrogen) atoms. The Morgan fingerprint density at radius 2 is 1.96 bits per heavy atom. The second-order valence-corrected chi connectivity index (χ2v) is 7.72. The number of carbonyl (C=O) groups excluding carboxylic acids is 2. The zero-order valence-electron chi connectivity index (χ0n) is 16.2. The lowest BCUT2D eigenvalue weighted by Gasteiger charge is -2.40. The van der Waals surface area contributed by atoms with Crippen LogP contribution in [0.5, 0.6) is 0 Å². The molecule has 7 heteroatoms. The molecule has 1 aromatic rings. The van der Waals surface area contributed by atoms with Gasteiger partial charge in [-0.15, -0.1) is 0 Å². The first-order chi connectivity index (χ1) is 12.0. The maximum absolute atomic E-state index is 13.0. The summed E-state index contributed by atoms with van der Waals surface area (Å²) in [5, 5.41) is 11.1. The van der Waals surface area contributed by atoms with Crippen molar-refractivity contribution in [1.29, 1.82) is 0 Å². The molecule has 7 nitrogen and oxygen atoms in total. The molecule has 1 aliphatic rings. The Bertz CT molecular complexity index is 701. The fourth-order valence-electron chi connectivity index (χ4n) is 2.94. The Morgan fingerprint density at radius 3 is 2.46 bits per heavy atom. The van der Waals surface area contributed by atoms with Gasteiger partial charge in [-0.2, -0.15) is 0 Å². The van der Waals surface area contributed by atoms with E-state index in [0.717, 1.165) is 0 Å². The van der Waals surface area contributed by atoms with E-state index in [9.17, 15) is 14.7 Å². The summed E-state index contributed by atoms with van der Waals surface area (Å²) in [6.45, 7) is 8.82. The number of aliphatic hydroxyl groups excluding tert-OH is 1. The second kappa shape index (κ2) is 7.15. The van der Waals surface area contributed by atoms with Gasteiger partial charge < -0.3 is 19.1 Å². The third-order valence-electron chi connectivity index (χ3n) is 4.07. The smallest absolute Gasteiger partial charge is 0.411 e. The van der Waals surface area contributed by atoms with E-state index in [2.05, 4.69) is 0 Å². The molecule has 2 unspecified atom stereocenters. The summed E-state index contributed by atoms with van der Waals surface area (Å²) < 4.78 is 12.6. The predicted octanol–water partition coefficient (Wildman–Crippen LogP) is 2.56. The van der Waals surface area contributed by atoms with Crippen molar-refractivity contribution < 1.29 is 24.2 Å². The van der Waals surface area contributed by atoms with Crippen LogP contribution in [0.15, 0.2) is 30.5 Å². The second-order valence-electron chi connectivity index (χ2n) is 7.72. The van der Waals surface area contributed by atoms with Gasteiger partial charge in [0.1, 0.15) is 11.7 Å². The molecule has 2 rings (SSSR count).